The van der Waals surface area contributed by atoms with Crippen molar-refractivity contribution in [3.05, 3.63) is 29.8 Å². The minimum absolute atomic E-state index is 0.0915. The Balaban J connectivity index is 2.11. The fourth-order valence-corrected chi connectivity index (χ4v) is 2.02. The van der Waals surface area contributed by atoms with Crippen LogP contribution in [-0.2, 0) is 0 Å². The quantitative estimate of drug-likeness (QED) is 0.392. The predicted molar refractivity (Wildman–Crippen MR) is 83.3 cm³/mol. The smallest absolute Gasteiger partial charge is 0.159 e. The maximum atomic E-state index is 11.1. The predicted octanol–water partition coefficient (Wildman–Crippen LogP) is 3.53. The second-order valence-electron chi connectivity index (χ2n) is 6.36. The zero-order chi connectivity index (χ0) is 15.0. The number of hydrogen-bond donors (Lipinski definition) is 0. The number of carbonyl (C=O) groups is 1. The molecule has 1 aromatic rings. The monoisotopic (exact) mass is 278 g/mol. The summed E-state index contributed by atoms with van der Waals surface area (Å²) in [5.74, 6) is 0.940. The fraction of sp³-hybridized carbons (Fsp3) is 0.588. The van der Waals surface area contributed by atoms with E-state index >= 15 is 0 Å². The third-order valence-corrected chi connectivity index (χ3v) is 3.25. The Hall–Kier alpha value is -1.35. The molecule has 0 atom stereocenters. The van der Waals surface area contributed by atoms with Crippen molar-refractivity contribution >= 4 is 5.78 Å². The van der Waals surface area contributed by atoms with Crippen molar-refractivity contribution in [3.8, 4) is 5.75 Å². The van der Waals surface area contributed by atoms with E-state index in [1.54, 1.807) is 6.92 Å². The fourth-order valence-electron chi connectivity index (χ4n) is 2.02. The lowest BCUT2D eigenvalue weighted by atomic mass is 10.1. The number of unbranched alkanes of at least 4 members (excludes halogenated alkanes) is 3. The van der Waals surface area contributed by atoms with Crippen LogP contribution in [0, 0.1) is 0 Å². The molecule has 3 heteroatoms. The average molecular weight is 278 g/mol. The van der Waals surface area contributed by atoms with Crippen molar-refractivity contribution in [2.45, 2.75) is 32.6 Å². The SMILES string of the molecule is CC(=O)c1ccc(OCCCCCC[N+](C)(C)C)cc1. The third kappa shape index (κ3) is 7.29. The summed E-state index contributed by atoms with van der Waals surface area (Å²) in [5.41, 5.74) is 0.734. The van der Waals surface area contributed by atoms with Gasteiger partial charge in [0, 0.05) is 5.56 Å². The summed E-state index contributed by atoms with van der Waals surface area (Å²) in [5, 5.41) is 0. The molecule has 1 aromatic carbocycles. The summed E-state index contributed by atoms with van der Waals surface area (Å²) in [6.07, 6.45) is 4.84. The van der Waals surface area contributed by atoms with Gasteiger partial charge >= 0.3 is 0 Å². The molecule has 0 aromatic heterocycles. The number of ether oxygens (including phenoxy) is 1. The first kappa shape index (κ1) is 16.7. The van der Waals surface area contributed by atoms with Crippen molar-refractivity contribution in [2.24, 2.45) is 0 Å². The molecule has 0 aliphatic carbocycles. The maximum absolute atomic E-state index is 11.1. The maximum Gasteiger partial charge on any atom is 0.159 e. The van der Waals surface area contributed by atoms with Gasteiger partial charge in [-0.3, -0.25) is 4.79 Å². The Bertz CT molecular complexity index is 404. The van der Waals surface area contributed by atoms with Gasteiger partial charge in [-0.1, -0.05) is 0 Å². The molecule has 0 aliphatic heterocycles. The number of Topliss-reactive ketones (excluding diaryl/α,β-unsaturated/α-hetero) is 1. The Kier molecular flexibility index (Phi) is 6.73. The summed E-state index contributed by atoms with van der Waals surface area (Å²) in [7, 11) is 6.69. The van der Waals surface area contributed by atoms with Crippen LogP contribution in [0.2, 0.25) is 0 Å². The van der Waals surface area contributed by atoms with E-state index in [-0.39, 0.29) is 5.78 Å². The number of nitrogens with zero attached hydrogens (tertiary/aromatic N) is 1. The molecule has 3 nitrogen and oxygen atoms in total. The molecule has 0 radical (unpaired) electrons. The van der Waals surface area contributed by atoms with Crippen LogP contribution in [0.25, 0.3) is 0 Å². The Morgan fingerprint density at radius 1 is 1.00 bits per heavy atom. The van der Waals surface area contributed by atoms with Gasteiger partial charge in [-0.15, -0.1) is 0 Å². The van der Waals surface area contributed by atoms with Gasteiger partial charge in [0.2, 0.25) is 0 Å². The zero-order valence-electron chi connectivity index (χ0n) is 13.3. The molecule has 0 saturated heterocycles. The standard InChI is InChI=1S/C17H28NO2/c1-15(19)16-9-11-17(12-10-16)20-14-8-6-5-7-13-18(2,3)4/h9-12H,5-8,13-14H2,1-4H3/q+1. The van der Waals surface area contributed by atoms with Gasteiger partial charge in [0.05, 0.1) is 34.3 Å². The Morgan fingerprint density at radius 3 is 2.15 bits per heavy atom. The summed E-state index contributed by atoms with van der Waals surface area (Å²) in [4.78, 5) is 11.1. The minimum Gasteiger partial charge on any atom is -0.494 e. The normalized spacial score (nSPS) is 11.4. The highest BCUT2D eigenvalue weighted by atomic mass is 16.5. The van der Waals surface area contributed by atoms with Crippen LogP contribution in [0.15, 0.2) is 24.3 Å². The van der Waals surface area contributed by atoms with E-state index in [4.69, 9.17) is 4.74 Å². The molecular formula is C17H28NO2+. The second kappa shape index (κ2) is 8.05. The van der Waals surface area contributed by atoms with Crippen molar-refractivity contribution in [2.75, 3.05) is 34.3 Å². The first-order valence-electron chi connectivity index (χ1n) is 7.43. The largest absolute Gasteiger partial charge is 0.494 e. The summed E-state index contributed by atoms with van der Waals surface area (Å²) >= 11 is 0. The molecule has 20 heavy (non-hydrogen) atoms. The molecule has 0 spiro atoms. The van der Waals surface area contributed by atoms with Crippen LogP contribution >= 0.6 is 0 Å². The number of hydrogen-bond acceptors (Lipinski definition) is 2. The molecule has 0 N–H and O–H groups in total. The minimum atomic E-state index is 0.0915. The van der Waals surface area contributed by atoms with Crippen molar-refractivity contribution in [3.63, 3.8) is 0 Å². The Morgan fingerprint density at radius 2 is 1.60 bits per heavy atom. The van der Waals surface area contributed by atoms with Gasteiger partial charge < -0.3 is 9.22 Å². The summed E-state index contributed by atoms with van der Waals surface area (Å²) < 4.78 is 6.71. The number of quaternary nitrogens is 1. The summed E-state index contributed by atoms with van der Waals surface area (Å²) in [6, 6.07) is 7.37. The summed E-state index contributed by atoms with van der Waals surface area (Å²) in [6.45, 7) is 3.56. The first-order valence-corrected chi connectivity index (χ1v) is 7.43. The van der Waals surface area contributed by atoms with E-state index in [9.17, 15) is 4.79 Å². The number of benzene rings is 1. The number of ketones is 1. The van der Waals surface area contributed by atoms with Crippen LogP contribution in [0.4, 0.5) is 0 Å². The molecule has 0 heterocycles. The van der Waals surface area contributed by atoms with E-state index in [1.807, 2.05) is 24.3 Å². The van der Waals surface area contributed by atoms with E-state index in [0.717, 1.165) is 28.8 Å². The van der Waals surface area contributed by atoms with Crippen LogP contribution in [0.5, 0.6) is 5.75 Å². The van der Waals surface area contributed by atoms with Gasteiger partial charge in [0.25, 0.3) is 0 Å². The topological polar surface area (TPSA) is 26.3 Å². The number of rotatable bonds is 9. The lowest BCUT2D eigenvalue weighted by Gasteiger charge is -2.23. The lowest BCUT2D eigenvalue weighted by Crippen LogP contribution is -2.35. The molecular weight excluding hydrogens is 250 g/mol. The molecule has 0 amide bonds. The Labute approximate surface area is 123 Å². The van der Waals surface area contributed by atoms with Crippen LogP contribution in [0.1, 0.15) is 43.0 Å². The van der Waals surface area contributed by atoms with Gasteiger partial charge in [-0.05, 0) is 56.9 Å². The van der Waals surface area contributed by atoms with Gasteiger partial charge in [-0.2, -0.15) is 0 Å². The van der Waals surface area contributed by atoms with Crippen molar-refractivity contribution < 1.29 is 14.0 Å². The van der Waals surface area contributed by atoms with Gasteiger partial charge in [-0.25, -0.2) is 0 Å². The average Bonchev–Trinajstić information content (AvgIpc) is 2.37. The highest BCUT2D eigenvalue weighted by Gasteiger charge is 2.05. The molecule has 0 fully saturated rings. The molecule has 0 bridgehead atoms. The van der Waals surface area contributed by atoms with Crippen molar-refractivity contribution in [1.82, 2.24) is 0 Å². The molecule has 1 rings (SSSR count). The van der Waals surface area contributed by atoms with Crippen LogP contribution < -0.4 is 4.74 Å². The van der Waals surface area contributed by atoms with E-state index in [1.165, 1.54) is 25.8 Å². The van der Waals surface area contributed by atoms with Crippen LogP contribution in [0.3, 0.4) is 0 Å². The zero-order valence-corrected chi connectivity index (χ0v) is 13.3. The highest BCUT2D eigenvalue weighted by Crippen LogP contribution is 2.13. The van der Waals surface area contributed by atoms with Gasteiger partial charge in [0.15, 0.2) is 5.78 Å². The van der Waals surface area contributed by atoms with Gasteiger partial charge in [0.1, 0.15) is 5.75 Å². The second-order valence-corrected chi connectivity index (χ2v) is 6.36. The molecule has 0 aliphatic rings. The third-order valence-electron chi connectivity index (χ3n) is 3.25. The highest BCUT2D eigenvalue weighted by molar-refractivity contribution is 5.94. The van der Waals surface area contributed by atoms with E-state index < -0.39 is 0 Å². The number of carbonyl (C=O) groups excluding carboxylic acids is 1. The molecule has 0 unspecified atom stereocenters. The molecule has 0 saturated carbocycles. The first-order chi connectivity index (χ1) is 9.38. The molecule has 112 valence electrons. The van der Waals surface area contributed by atoms with E-state index in [0.29, 0.717) is 0 Å². The van der Waals surface area contributed by atoms with Crippen LogP contribution in [-0.4, -0.2) is 44.6 Å². The van der Waals surface area contributed by atoms with Crippen molar-refractivity contribution in [1.29, 1.82) is 0 Å². The van der Waals surface area contributed by atoms with E-state index in [2.05, 4.69) is 21.1 Å². The lowest BCUT2D eigenvalue weighted by molar-refractivity contribution is -0.870.